The van der Waals surface area contributed by atoms with E-state index in [1.807, 2.05) is 0 Å². The number of nitrogens with zero attached hydrogens (tertiary/aromatic N) is 1. The van der Waals surface area contributed by atoms with E-state index in [0.717, 1.165) is 12.1 Å². The van der Waals surface area contributed by atoms with Crippen LogP contribution in [0.4, 0.5) is 13.6 Å². The van der Waals surface area contributed by atoms with Crippen molar-refractivity contribution in [2.75, 3.05) is 13.2 Å². The molecule has 1 heterocycles. The highest BCUT2D eigenvalue weighted by atomic mass is 19.2. The van der Waals surface area contributed by atoms with Crippen LogP contribution in [-0.4, -0.2) is 47.0 Å². The summed E-state index contributed by atoms with van der Waals surface area (Å²) in [5.74, 6) is -1.77. The maximum Gasteiger partial charge on any atom is 0.410 e. The summed E-state index contributed by atoms with van der Waals surface area (Å²) in [5.41, 5.74) is -0.643. The predicted octanol–water partition coefficient (Wildman–Crippen LogP) is 2.71. The maximum absolute atomic E-state index is 13.2. The summed E-state index contributed by atoms with van der Waals surface area (Å²) in [6.07, 6.45) is -0.577. The SMILES string of the molecule is CC(C)(C)OC(=O)N1C[C@H](Oc2ccc(F)c(F)c2)C[C@H]1CO. The van der Waals surface area contributed by atoms with Gasteiger partial charge < -0.3 is 14.6 Å². The van der Waals surface area contributed by atoms with E-state index in [4.69, 9.17) is 9.47 Å². The van der Waals surface area contributed by atoms with Crippen LogP contribution < -0.4 is 4.74 Å². The molecule has 0 saturated carbocycles. The number of carbonyl (C=O) groups is 1. The first-order chi connectivity index (χ1) is 10.7. The Balaban J connectivity index is 2.03. The number of amides is 1. The number of likely N-dealkylation sites (tertiary alicyclic amines) is 1. The Labute approximate surface area is 133 Å². The van der Waals surface area contributed by atoms with Gasteiger partial charge in [-0.05, 0) is 32.9 Å². The predicted molar refractivity (Wildman–Crippen MR) is 79.2 cm³/mol. The van der Waals surface area contributed by atoms with Crippen LogP contribution in [0, 0.1) is 11.6 Å². The number of benzene rings is 1. The fraction of sp³-hybridized carbons (Fsp3) is 0.562. The van der Waals surface area contributed by atoms with E-state index >= 15 is 0 Å². The molecule has 1 aliphatic heterocycles. The molecule has 2 atom stereocenters. The zero-order valence-electron chi connectivity index (χ0n) is 13.4. The number of carbonyl (C=O) groups excluding carboxylic acids is 1. The molecule has 128 valence electrons. The fourth-order valence-corrected chi connectivity index (χ4v) is 2.42. The minimum Gasteiger partial charge on any atom is -0.488 e. The van der Waals surface area contributed by atoms with Crippen molar-refractivity contribution in [3.05, 3.63) is 29.8 Å². The lowest BCUT2D eigenvalue weighted by molar-refractivity contribution is 0.0165. The average molecular weight is 329 g/mol. The van der Waals surface area contributed by atoms with Gasteiger partial charge in [0.2, 0.25) is 0 Å². The molecule has 23 heavy (non-hydrogen) atoms. The van der Waals surface area contributed by atoms with Crippen molar-refractivity contribution >= 4 is 6.09 Å². The summed E-state index contributed by atoms with van der Waals surface area (Å²) in [6.45, 7) is 5.24. The molecular weight excluding hydrogens is 308 g/mol. The minimum absolute atomic E-state index is 0.177. The van der Waals surface area contributed by atoms with E-state index in [0.29, 0.717) is 6.42 Å². The number of aliphatic hydroxyl groups is 1. The lowest BCUT2D eigenvalue weighted by atomic mass is 10.2. The van der Waals surface area contributed by atoms with E-state index in [2.05, 4.69) is 0 Å². The van der Waals surface area contributed by atoms with Gasteiger partial charge in [-0.3, -0.25) is 4.90 Å². The molecule has 0 aromatic heterocycles. The number of hydrogen-bond acceptors (Lipinski definition) is 4. The van der Waals surface area contributed by atoms with E-state index in [9.17, 15) is 18.7 Å². The second kappa shape index (κ2) is 6.70. The van der Waals surface area contributed by atoms with E-state index in [-0.39, 0.29) is 18.9 Å². The Hall–Kier alpha value is -1.89. The number of rotatable bonds is 3. The molecule has 1 saturated heterocycles. The van der Waals surface area contributed by atoms with E-state index in [1.54, 1.807) is 20.8 Å². The summed E-state index contributed by atoms with van der Waals surface area (Å²) < 4.78 is 37.0. The van der Waals surface area contributed by atoms with Crippen LogP contribution in [0.15, 0.2) is 18.2 Å². The first-order valence-corrected chi connectivity index (χ1v) is 7.42. The standard InChI is InChI=1S/C16H21F2NO4/c1-16(2,3)23-15(21)19-8-12(6-10(19)9-20)22-11-4-5-13(17)14(18)7-11/h4-5,7,10,12,20H,6,8-9H2,1-3H3/t10-,12+/m0/s1. The van der Waals surface area contributed by atoms with Crippen molar-refractivity contribution in [1.82, 2.24) is 4.90 Å². The van der Waals surface area contributed by atoms with Gasteiger partial charge in [0.05, 0.1) is 19.2 Å². The molecule has 1 amide bonds. The van der Waals surface area contributed by atoms with Gasteiger partial charge in [0, 0.05) is 12.5 Å². The third-order valence-electron chi connectivity index (χ3n) is 3.41. The molecule has 1 aliphatic rings. The van der Waals surface area contributed by atoms with Crippen molar-refractivity contribution in [1.29, 1.82) is 0 Å². The van der Waals surface area contributed by atoms with Crippen LogP contribution in [0.2, 0.25) is 0 Å². The zero-order valence-corrected chi connectivity index (χ0v) is 13.4. The first kappa shape index (κ1) is 17.5. The lowest BCUT2D eigenvalue weighted by Crippen LogP contribution is -2.41. The quantitative estimate of drug-likeness (QED) is 0.926. The van der Waals surface area contributed by atoms with Crippen molar-refractivity contribution in [3.8, 4) is 5.75 Å². The number of halogens is 2. The molecule has 0 aliphatic carbocycles. The van der Waals surface area contributed by atoms with Gasteiger partial charge >= 0.3 is 6.09 Å². The summed E-state index contributed by atoms with van der Waals surface area (Å²) in [7, 11) is 0. The smallest absolute Gasteiger partial charge is 0.410 e. The molecule has 1 fully saturated rings. The monoisotopic (exact) mass is 329 g/mol. The van der Waals surface area contributed by atoms with Crippen LogP contribution in [0.3, 0.4) is 0 Å². The van der Waals surface area contributed by atoms with Crippen molar-refractivity contribution in [2.45, 2.75) is 44.9 Å². The summed E-state index contributed by atoms with van der Waals surface area (Å²) >= 11 is 0. The number of hydrogen-bond donors (Lipinski definition) is 1. The fourth-order valence-electron chi connectivity index (χ4n) is 2.42. The Morgan fingerprint density at radius 1 is 1.35 bits per heavy atom. The van der Waals surface area contributed by atoms with Gasteiger partial charge in [0.25, 0.3) is 0 Å². The van der Waals surface area contributed by atoms with E-state index < -0.39 is 35.5 Å². The molecule has 0 radical (unpaired) electrons. The molecule has 1 N–H and O–H groups in total. The van der Waals surface area contributed by atoms with Crippen LogP contribution in [0.5, 0.6) is 5.75 Å². The molecular formula is C16H21F2NO4. The van der Waals surface area contributed by atoms with Gasteiger partial charge in [-0.15, -0.1) is 0 Å². The first-order valence-electron chi connectivity index (χ1n) is 7.42. The van der Waals surface area contributed by atoms with Crippen molar-refractivity contribution in [2.24, 2.45) is 0 Å². The third kappa shape index (κ3) is 4.54. The van der Waals surface area contributed by atoms with Gasteiger partial charge in [0.15, 0.2) is 11.6 Å². The molecule has 1 aromatic carbocycles. The Kier molecular flexibility index (Phi) is 5.09. The second-order valence-electron chi connectivity index (χ2n) is 6.52. The molecule has 7 heteroatoms. The molecule has 1 aromatic rings. The molecule has 0 unspecified atom stereocenters. The van der Waals surface area contributed by atoms with Crippen LogP contribution in [-0.2, 0) is 4.74 Å². The summed E-state index contributed by atoms with van der Waals surface area (Å²) in [5, 5.41) is 9.43. The summed E-state index contributed by atoms with van der Waals surface area (Å²) in [6, 6.07) is 2.83. The molecule has 5 nitrogen and oxygen atoms in total. The zero-order chi connectivity index (χ0) is 17.2. The Morgan fingerprint density at radius 3 is 2.61 bits per heavy atom. The van der Waals surface area contributed by atoms with Gasteiger partial charge in [-0.1, -0.05) is 0 Å². The average Bonchev–Trinajstić information content (AvgIpc) is 2.84. The molecule has 0 spiro atoms. The summed E-state index contributed by atoms with van der Waals surface area (Å²) in [4.78, 5) is 13.6. The number of aliphatic hydroxyl groups excluding tert-OH is 1. The van der Waals surface area contributed by atoms with Gasteiger partial charge in [0.1, 0.15) is 17.5 Å². The minimum atomic E-state index is -0.997. The van der Waals surface area contributed by atoms with Crippen LogP contribution >= 0.6 is 0 Å². The molecule has 2 rings (SSSR count). The van der Waals surface area contributed by atoms with Crippen molar-refractivity contribution < 1.29 is 28.2 Å². The van der Waals surface area contributed by atoms with E-state index in [1.165, 1.54) is 11.0 Å². The second-order valence-corrected chi connectivity index (χ2v) is 6.52. The maximum atomic E-state index is 13.2. The normalized spacial score (nSPS) is 21.4. The number of ether oxygens (including phenoxy) is 2. The van der Waals surface area contributed by atoms with Crippen LogP contribution in [0.1, 0.15) is 27.2 Å². The largest absolute Gasteiger partial charge is 0.488 e. The van der Waals surface area contributed by atoms with Crippen molar-refractivity contribution in [3.63, 3.8) is 0 Å². The Bertz CT molecular complexity index is 574. The topological polar surface area (TPSA) is 59.0 Å². The third-order valence-corrected chi connectivity index (χ3v) is 3.41. The highest BCUT2D eigenvalue weighted by Gasteiger charge is 2.38. The highest BCUT2D eigenvalue weighted by Crippen LogP contribution is 2.25. The highest BCUT2D eigenvalue weighted by molar-refractivity contribution is 5.69. The van der Waals surface area contributed by atoms with Crippen LogP contribution in [0.25, 0.3) is 0 Å². The van der Waals surface area contributed by atoms with Gasteiger partial charge in [-0.2, -0.15) is 0 Å². The molecule has 0 bridgehead atoms. The lowest BCUT2D eigenvalue weighted by Gasteiger charge is -2.27. The van der Waals surface area contributed by atoms with Gasteiger partial charge in [-0.25, -0.2) is 13.6 Å². The Morgan fingerprint density at radius 2 is 2.04 bits per heavy atom.